The fourth-order valence-corrected chi connectivity index (χ4v) is 19.3. The summed E-state index contributed by atoms with van der Waals surface area (Å²) in [6.07, 6.45) is 0. The van der Waals surface area contributed by atoms with E-state index in [1.807, 2.05) is 0 Å². The molecule has 314 valence electrons. The minimum absolute atomic E-state index is 0. The topological polar surface area (TPSA) is 39.8 Å². The van der Waals surface area contributed by atoms with Crippen molar-refractivity contribution in [2.75, 3.05) is 11.8 Å². The second kappa shape index (κ2) is 34.1. The maximum Gasteiger partial charge on any atom is 1.00 e. The third kappa shape index (κ3) is 17.9. The van der Waals surface area contributed by atoms with Gasteiger partial charge in [0, 0.05) is 11.8 Å². The number of hydrogen-bond donors (Lipinski definition) is 0. The molecule has 0 heterocycles. The Balaban J connectivity index is 0.000000542. The molecule has 0 aromatic heterocycles. The van der Waals surface area contributed by atoms with Crippen LogP contribution >= 0.6 is 31.7 Å². The monoisotopic (exact) mass is 1280 g/mol. The molecule has 62 heavy (non-hydrogen) atoms. The van der Waals surface area contributed by atoms with Gasteiger partial charge in [0.1, 0.15) is 0 Å². The maximum absolute atomic E-state index is 7.50. The van der Waals surface area contributed by atoms with E-state index in [4.69, 9.17) is 9.30 Å². The molecular formula is C52H44I2O2P4Ru2. The predicted molar refractivity (Wildman–Crippen MR) is 254 cm³/mol. The summed E-state index contributed by atoms with van der Waals surface area (Å²) in [5.41, 5.74) is 0. The molecule has 0 saturated heterocycles. The van der Waals surface area contributed by atoms with Crippen molar-refractivity contribution >= 4 is 74.1 Å². The van der Waals surface area contributed by atoms with Crippen LogP contribution in [0.25, 0.3) is 0 Å². The van der Waals surface area contributed by atoms with E-state index in [2.05, 4.69) is 256 Å². The second-order valence-corrected chi connectivity index (χ2v) is 22.5. The first-order valence-electron chi connectivity index (χ1n) is 18.7. The summed E-state index contributed by atoms with van der Waals surface area (Å²) in [6.45, 7) is 9.00. The Labute approximate surface area is 433 Å². The van der Waals surface area contributed by atoms with Gasteiger partial charge in [-0.1, -0.05) is 243 Å². The first kappa shape index (κ1) is 57.7. The van der Waals surface area contributed by atoms with Gasteiger partial charge in [-0.3, -0.25) is 0 Å². The molecule has 0 N–H and O–H groups in total. The minimum Gasteiger partial charge on any atom is -1.00 e. The summed E-state index contributed by atoms with van der Waals surface area (Å²) in [4.78, 5) is 0. The predicted octanol–water partition coefficient (Wildman–Crippen LogP) is 4.35. The van der Waals surface area contributed by atoms with Crippen LogP contribution in [0.5, 0.6) is 0 Å². The van der Waals surface area contributed by atoms with Crippen LogP contribution < -0.4 is 90.4 Å². The van der Waals surface area contributed by atoms with Gasteiger partial charge in [0.05, 0.1) is 0 Å². The molecule has 10 heteroatoms. The van der Waals surface area contributed by atoms with Crippen LogP contribution in [-0.4, -0.2) is 11.8 Å². The van der Waals surface area contributed by atoms with Crippen LogP contribution in [0.3, 0.4) is 0 Å². The average Bonchev–Trinajstić information content (AvgIpc) is 3.33. The SMILES string of the molecule is [C-]#[O+].[C-]#[O+].[I-].[I-].[Ru+].[Ru+].c1ccc(P(CP(c2ccccc2)c2ccccc2)c2ccccc2)cc1.c1ccc(P(CP(c2ccccc2)c2ccccc2)c2ccccc2)cc1. The number of halogens is 2. The molecule has 8 aromatic rings. The van der Waals surface area contributed by atoms with Crippen molar-refractivity contribution in [1.82, 2.24) is 0 Å². The van der Waals surface area contributed by atoms with Gasteiger partial charge < -0.3 is 48.0 Å². The van der Waals surface area contributed by atoms with Gasteiger partial charge in [-0.2, -0.15) is 0 Å². The molecule has 0 aliphatic rings. The quantitative estimate of drug-likeness (QED) is 0.0576. The van der Waals surface area contributed by atoms with E-state index in [-0.39, 0.29) is 86.9 Å². The summed E-state index contributed by atoms with van der Waals surface area (Å²) >= 11 is 0. The van der Waals surface area contributed by atoms with Gasteiger partial charge >= 0.3 is 61.6 Å². The van der Waals surface area contributed by atoms with E-state index in [0.29, 0.717) is 0 Å². The Morgan fingerprint density at radius 1 is 0.226 bits per heavy atom. The number of benzene rings is 8. The van der Waals surface area contributed by atoms with Gasteiger partial charge in [-0.05, 0) is 74.1 Å². The fourth-order valence-electron chi connectivity index (χ4n) is 6.40. The summed E-state index contributed by atoms with van der Waals surface area (Å²) in [6, 6.07) is 88.3. The van der Waals surface area contributed by atoms with Crippen LogP contribution in [-0.2, 0) is 48.3 Å². The van der Waals surface area contributed by atoms with Crippen molar-refractivity contribution in [2.24, 2.45) is 0 Å². The Morgan fingerprint density at radius 3 is 0.419 bits per heavy atom. The zero-order valence-corrected chi connectivity index (χ0v) is 44.9. The van der Waals surface area contributed by atoms with Crippen molar-refractivity contribution in [3.63, 3.8) is 0 Å². The van der Waals surface area contributed by atoms with Gasteiger partial charge in [0.15, 0.2) is 0 Å². The zero-order valence-electron chi connectivity index (χ0n) is 33.6. The molecular weight excluding hydrogens is 1240 g/mol. The maximum atomic E-state index is 7.50. The van der Waals surface area contributed by atoms with E-state index in [0.717, 1.165) is 0 Å². The summed E-state index contributed by atoms with van der Waals surface area (Å²) in [5.74, 6) is 2.35. The van der Waals surface area contributed by atoms with Gasteiger partial charge in [-0.15, -0.1) is 0 Å². The van der Waals surface area contributed by atoms with Crippen molar-refractivity contribution in [3.05, 3.63) is 256 Å². The van der Waals surface area contributed by atoms with Crippen molar-refractivity contribution in [2.45, 2.75) is 0 Å². The molecule has 0 atom stereocenters. The van der Waals surface area contributed by atoms with Crippen LogP contribution in [0.15, 0.2) is 243 Å². The van der Waals surface area contributed by atoms with Crippen LogP contribution in [0, 0.1) is 13.3 Å². The number of rotatable bonds is 12. The minimum atomic E-state index is -0.409. The summed E-state index contributed by atoms with van der Waals surface area (Å²) in [7, 11) is -1.63. The third-order valence-electron chi connectivity index (χ3n) is 9.11. The van der Waals surface area contributed by atoms with Crippen LogP contribution in [0.2, 0.25) is 0 Å². The Morgan fingerprint density at radius 2 is 0.323 bits per heavy atom. The Bertz CT molecular complexity index is 1850. The average molecular weight is 1280 g/mol. The van der Waals surface area contributed by atoms with Gasteiger partial charge in [0.25, 0.3) is 0 Å². The first-order valence-corrected chi connectivity index (χ1v) is 24.9. The molecule has 0 amide bonds. The smallest absolute Gasteiger partial charge is 1.00 e. The molecule has 0 bridgehead atoms. The Hall–Kier alpha value is -2.33. The standard InChI is InChI=1S/2C25H22P2.2CO.2HI.2Ru/c2*1-5-13-22(14-6-1)26(23-15-7-2-8-16-23)21-27(24-17-9-3-10-18-24)25-19-11-4-12-20-25;2*1-2;;;;/h2*1-20H,21H2;;;2*1H;;/q;;;;;;2*+1/p-2. The molecule has 8 aromatic carbocycles. The molecule has 0 fully saturated rings. The summed E-state index contributed by atoms with van der Waals surface area (Å²) in [5, 5.41) is 11.7. The molecule has 0 unspecified atom stereocenters. The Kier molecular flexibility index (Phi) is 31.7. The molecule has 0 aliphatic carbocycles. The van der Waals surface area contributed by atoms with Crippen molar-refractivity contribution < 1.29 is 96.2 Å². The molecule has 2 nitrogen and oxygen atoms in total. The molecule has 0 spiro atoms. The fraction of sp³-hybridized carbons (Fsp3) is 0.0385. The zero-order chi connectivity index (χ0) is 40.6. The van der Waals surface area contributed by atoms with E-state index >= 15 is 0 Å². The van der Waals surface area contributed by atoms with Gasteiger partial charge in [0.2, 0.25) is 0 Å². The van der Waals surface area contributed by atoms with Crippen LogP contribution in [0.1, 0.15) is 0 Å². The number of hydrogen-bond acceptors (Lipinski definition) is 0. The van der Waals surface area contributed by atoms with Gasteiger partial charge in [-0.25, -0.2) is 0 Å². The van der Waals surface area contributed by atoms with E-state index in [9.17, 15) is 0 Å². The molecule has 0 aliphatic heterocycles. The molecule has 8 rings (SSSR count). The van der Waals surface area contributed by atoms with Crippen LogP contribution in [0.4, 0.5) is 0 Å². The molecule has 0 saturated carbocycles. The second-order valence-electron chi connectivity index (χ2n) is 12.7. The first-order chi connectivity index (χ1) is 28.8. The van der Waals surface area contributed by atoms with E-state index in [1.54, 1.807) is 0 Å². The molecule has 2 radical (unpaired) electrons. The largest absolute Gasteiger partial charge is 1.00 e. The van der Waals surface area contributed by atoms with E-state index in [1.165, 1.54) is 54.2 Å². The van der Waals surface area contributed by atoms with Crippen molar-refractivity contribution in [3.8, 4) is 0 Å². The summed E-state index contributed by atoms with van der Waals surface area (Å²) < 4.78 is 15.0. The van der Waals surface area contributed by atoms with Crippen molar-refractivity contribution in [1.29, 1.82) is 0 Å². The third-order valence-corrected chi connectivity index (χ3v) is 21.0. The normalized spacial score (nSPS) is 9.68. The van der Waals surface area contributed by atoms with E-state index < -0.39 is 31.7 Å².